The van der Waals surface area contributed by atoms with Gasteiger partial charge in [0.1, 0.15) is 0 Å². The van der Waals surface area contributed by atoms with Crippen LogP contribution in [0.1, 0.15) is 25.9 Å². The number of carbonyl (C=O) groups excluding carboxylic acids is 2. The highest BCUT2D eigenvalue weighted by atomic mass is 32.1. The zero-order chi connectivity index (χ0) is 14.1. The Morgan fingerprint density at radius 2 is 2.10 bits per heavy atom. The number of hydrogen-bond acceptors (Lipinski definition) is 4. The Hall–Kier alpha value is -2.47. The zero-order valence-electron chi connectivity index (χ0n) is 10.6. The van der Waals surface area contributed by atoms with Crippen LogP contribution < -0.4 is 4.98 Å². The summed E-state index contributed by atoms with van der Waals surface area (Å²) in [5.74, 6) is -0.637. The second kappa shape index (κ2) is 4.90. The molecule has 2 N–H and O–H groups in total. The minimum Gasteiger partial charge on any atom is -0.461 e. The van der Waals surface area contributed by atoms with Gasteiger partial charge in [-0.05, 0) is 6.07 Å². The van der Waals surface area contributed by atoms with Crippen molar-refractivity contribution in [3.8, 4) is 0 Å². The smallest absolute Gasteiger partial charge is 0.404 e. The van der Waals surface area contributed by atoms with Gasteiger partial charge in [0.15, 0.2) is 0 Å². The molecule has 20 heavy (non-hydrogen) atoms. The molecule has 2 aromatic heterocycles. The molecule has 6 heteroatoms. The maximum atomic E-state index is 12.5. The summed E-state index contributed by atoms with van der Waals surface area (Å²) < 4.78 is 4.61. The first-order valence-corrected chi connectivity index (χ1v) is 6.78. The fourth-order valence-electron chi connectivity index (χ4n) is 2.00. The van der Waals surface area contributed by atoms with E-state index in [2.05, 4.69) is 14.7 Å². The Kier molecular flexibility index (Phi) is 3.08. The third-order valence-corrected chi connectivity index (χ3v) is 3.86. The van der Waals surface area contributed by atoms with Crippen LogP contribution in [-0.2, 0) is 4.74 Å². The van der Waals surface area contributed by atoms with Crippen molar-refractivity contribution in [2.45, 2.75) is 0 Å². The maximum Gasteiger partial charge on any atom is 0.404 e. The summed E-state index contributed by atoms with van der Waals surface area (Å²) >= 11 is 1.19. The molecule has 2 heterocycles. The van der Waals surface area contributed by atoms with E-state index in [1.54, 1.807) is 11.6 Å². The number of fused-ring (bicyclic) bond motifs is 1. The van der Waals surface area contributed by atoms with Gasteiger partial charge in [0.2, 0.25) is 0 Å². The predicted molar refractivity (Wildman–Crippen MR) is 73.9 cm³/mol. The molecule has 3 rings (SSSR count). The molecule has 0 amide bonds. The maximum absolute atomic E-state index is 12.5. The van der Waals surface area contributed by atoms with Crippen molar-refractivity contribution < 1.29 is 19.3 Å². The van der Waals surface area contributed by atoms with Gasteiger partial charge in [-0.3, -0.25) is 4.79 Å². The van der Waals surface area contributed by atoms with Crippen LogP contribution in [0.15, 0.2) is 35.8 Å². The number of thiazole rings is 1. The molecule has 0 saturated heterocycles. The molecule has 0 bridgehead atoms. The molecule has 0 atom stereocenters. The Morgan fingerprint density at radius 1 is 1.30 bits per heavy atom. The molecule has 0 aliphatic carbocycles. The number of hydrogen-bond donors (Lipinski definition) is 1. The standard InChI is InChI=1S/C14H10N2O3S/c1-19-14(18)11-7-20-13(16-11)12(17)9-6-15-10-5-3-2-4-8(9)10/h2-7,15H,1H3/p+1. The molecule has 0 fully saturated rings. The summed E-state index contributed by atoms with van der Waals surface area (Å²) in [7, 11) is 1.30. The monoisotopic (exact) mass is 287 g/mol. The molecule has 0 aliphatic rings. The first-order chi connectivity index (χ1) is 9.70. The Balaban J connectivity index is 2.00. The van der Waals surface area contributed by atoms with E-state index in [0.29, 0.717) is 10.6 Å². The van der Waals surface area contributed by atoms with E-state index in [0.717, 1.165) is 10.9 Å². The van der Waals surface area contributed by atoms with Crippen LogP contribution in [0.3, 0.4) is 0 Å². The number of para-hydroxylation sites is 1. The van der Waals surface area contributed by atoms with Gasteiger partial charge in [-0.25, -0.2) is 4.79 Å². The number of nitrogens with one attached hydrogen (secondary N) is 2. The van der Waals surface area contributed by atoms with Gasteiger partial charge in [0.25, 0.3) is 5.78 Å². The quantitative estimate of drug-likeness (QED) is 0.592. The molecule has 1 aromatic carbocycles. The number of benzene rings is 1. The molecule has 0 unspecified atom stereocenters. The fourth-order valence-corrected chi connectivity index (χ4v) is 2.78. The van der Waals surface area contributed by atoms with Gasteiger partial charge in [-0.15, -0.1) is 0 Å². The third kappa shape index (κ3) is 2.00. The number of aromatic amines is 2. The minimum atomic E-state index is -0.487. The van der Waals surface area contributed by atoms with Crippen molar-refractivity contribution in [2.75, 3.05) is 7.11 Å². The summed E-state index contributed by atoms with van der Waals surface area (Å²) in [6.45, 7) is 0. The van der Waals surface area contributed by atoms with E-state index < -0.39 is 5.97 Å². The van der Waals surface area contributed by atoms with E-state index in [1.807, 2.05) is 24.3 Å². The molecule has 0 saturated carbocycles. The van der Waals surface area contributed by atoms with Gasteiger partial charge in [0, 0.05) is 17.1 Å². The van der Waals surface area contributed by atoms with Crippen molar-refractivity contribution in [3.63, 3.8) is 0 Å². The summed E-state index contributed by atoms with van der Waals surface area (Å²) in [5.41, 5.74) is 1.76. The van der Waals surface area contributed by atoms with Gasteiger partial charge in [0.05, 0.1) is 18.1 Å². The first-order valence-electron chi connectivity index (χ1n) is 5.90. The van der Waals surface area contributed by atoms with Gasteiger partial charge < -0.3 is 9.72 Å². The molecule has 0 radical (unpaired) electrons. The average Bonchev–Trinajstić information content (AvgIpc) is 3.12. The van der Waals surface area contributed by atoms with Crippen molar-refractivity contribution in [1.82, 2.24) is 4.98 Å². The van der Waals surface area contributed by atoms with Crippen LogP contribution in [0.5, 0.6) is 0 Å². The zero-order valence-corrected chi connectivity index (χ0v) is 11.4. The Morgan fingerprint density at radius 3 is 2.90 bits per heavy atom. The minimum absolute atomic E-state index is 0.150. The van der Waals surface area contributed by atoms with Crippen LogP contribution in [0.4, 0.5) is 0 Å². The van der Waals surface area contributed by atoms with Crippen molar-refractivity contribution in [3.05, 3.63) is 52.1 Å². The van der Waals surface area contributed by atoms with E-state index in [-0.39, 0.29) is 11.5 Å². The molecule has 0 spiro atoms. The molecular formula is C14H11N2O3S+. The van der Waals surface area contributed by atoms with Crippen molar-refractivity contribution in [2.24, 2.45) is 0 Å². The van der Waals surface area contributed by atoms with Crippen molar-refractivity contribution in [1.29, 1.82) is 0 Å². The second-order valence-electron chi connectivity index (χ2n) is 4.17. The third-order valence-electron chi connectivity index (χ3n) is 2.99. The lowest BCUT2D eigenvalue weighted by atomic mass is 10.1. The molecule has 0 aliphatic heterocycles. The number of aromatic nitrogens is 2. The topological polar surface area (TPSA) is 73.3 Å². The molecular weight excluding hydrogens is 276 g/mol. The van der Waals surface area contributed by atoms with Gasteiger partial charge in [-0.2, -0.15) is 4.98 Å². The number of H-pyrrole nitrogens is 2. The van der Waals surface area contributed by atoms with Crippen molar-refractivity contribution >= 4 is 34.0 Å². The summed E-state index contributed by atoms with van der Waals surface area (Å²) in [4.78, 5) is 29.7. The van der Waals surface area contributed by atoms with Crippen LogP contribution in [0.2, 0.25) is 0 Å². The Bertz CT molecular complexity index is 803. The SMILES string of the molecule is COC(=O)c1csc(C(=O)c2c[nH]c3ccccc23)[nH+]1. The number of esters is 1. The molecule has 5 nitrogen and oxygen atoms in total. The van der Waals surface area contributed by atoms with Crippen LogP contribution in [-0.4, -0.2) is 23.8 Å². The van der Waals surface area contributed by atoms with Gasteiger partial charge >= 0.3 is 16.7 Å². The van der Waals surface area contributed by atoms with Crippen LogP contribution in [0.25, 0.3) is 10.9 Å². The number of ketones is 1. The van der Waals surface area contributed by atoms with E-state index >= 15 is 0 Å². The normalized spacial score (nSPS) is 10.7. The second-order valence-corrected chi connectivity index (χ2v) is 5.05. The Labute approximate surface area is 118 Å². The van der Waals surface area contributed by atoms with Crippen LogP contribution >= 0.6 is 11.3 Å². The number of carbonyl (C=O) groups is 2. The van der Waals surface area contributed by atoms with Crippen LogP contribution in [0, 0.1) is 0 Å². The number of rotatable bonds is 3. The molecule has 3 aromatic rings. The highest BCUT2D eigenvalue weighted by Crippen LogP contribution is 2.21. The average molecular weight is 287 g/mol. The number of methoxy groups -OCH3 is 1. The largest absolute Gasteiger partial charge is 0.461 e. The summed E-state index contributed by atoms with van der Waals surface area (Å²) in [6, 6.07) is 7.57. The lowest BCUT2D eigenvalue weighted by Gasteiger charge is -1.92. The van der Waals surface area contributed by atoms with E-state index in [9.17, 15) is 9.59 Å². The molecule has 100 valence electrons. The lowest BCUT2D eigenvalue weighted by Crippen LogP contribution is -2.20. The predicted octanol–water partition coefficient (Wildman–Crippen LogP) is 2.06. The van der Waals surface area contributed by atoms with E-state index in [1.165, 1.54) is 18.4 Å². The lowest BCUT2D eigenvalue weighted by molar-refractivity contribution is -0.379. The highest BCUT2D eigenvalue weighted by Gasteiger charge is 2.25. The summed E-state index contributed by atoms with van der Waals surface area (Å²) in [5, 5.41) is 2.84. The first kappa shape index (κ1) is 12.6. The van der Waals surface area contributed by atoms with Gasteiger partial charge in [-0.1, -0.05) is 29.5 Å². The summed E-state index contributed by atoms with van der Waals surface area (Å²) in [6.07, 6.45) is 1.68. The fraction of sp³-hybridized carbons (Fsp3) is 0.0714. The number of ether oxygens (including phenoxy) is 1. The highest BCUT2D eigenvalue weighted by molar-refractivity contribution is 7.11. The van der Waals surface area contributed by atoms with E-state index in [4.69, 9.17) is 0 Å².